The number of amides is 1. The zero-order valence-corrected chi connectivity index (χ0v) is 19.3. The van der Waals surface area contributed by atoms with Crippen LogP contribution >= 0.6 is 11.6 Å². The fraction of sp³-hybridized carbons (Fsp3) is 0.292. The lowest BCUT2D eigenvalue weighted by Crippen LogP contribution is -2.26. The Bertz CT molecular complexity index is 1110. The number of carbonyl (C=O) groups excluding carboxylic acids is 2. The predicted molar refractivity (Wildman–Crippen MR) is 123 cm³/mol. The van der Waals surface area contributed by atoms with Crippen molar-refractivity contribution in [1.29, 1.82) is 0 Å². The van der Waals surface area contributed by atoms with Crippen molar-refractivity contribution in [2.24, 2.45) is 7.05 Å². The quantitative estimate of drug-likeness (QED) is 0.503. The second kappa shape index (κ2) is 10.3. The molecule has 0 aliphatic heterocycles. The Morgan fingerprint density at radius 3 is 2.47 bits per heavy atom. The lowest BCUT2D eigenvalue weighted by atomic mass is 10.1. The number of nitrogens with one attached hydrogen (secondary N) is 1. The Balaban J connectivity index is 1.73. The van der Waals surface area contributed by atoms with Gasteiger partial charge in [-0.2, -0.15) is 5.10 Å². The minimum Gasteiger partial charge on any atom is -0.495 e. The van der Waals surface area contributed by atoms with Gasteiger partial charge in [0.1, 0.15) is 5.75 Å². The maximum Gasteiger partial charge on any atom is 0.307 e. The molecule has 0 aliphatic rings. The Morgan fingerprint density at radius 1 is 1.16 bits per heavy atom. The molecule has 168 valence electrons. The lowest BCUT2D eigenvalue weighted by molar-refractivity contribution is -0.154. The number of aromatic nitrogens is 2. The molecule has 1 N–H and O–H groups in total. The molecule has 1 atom stereocenters. The van der Waals surface area contributed by atoms with E-state index in [-0.39, 0.29) is 6.42 Å². The molecule has 0 spiro atoms. The fourth-order valence-electron chi connectivity index (χ4n) is 3.45. The van der Waals surface area contributed by atoms with Gasteiger partial charge in [0, 0.05) is 30.4 Å². The van der Waals surface area contributed by atoms with Crippen molar-refractivity contribution in [3.05, 3.63) is 76.1 Å². The van der Waals surface area contributed by atoms with Crippen LogP contribution in [0.25, 0.3) is 0 Å². The fourth-order valence-corrected chi connectivity index (χ4v) is 3.71. The van der Waals surface area contributed by atoms with Gasteiger partial charge < -0.3 is 14.8 Å². The summed E-state index contributed by atoms with van der Waals surface area (Å²) >= 11 is 6.15. The van der Waals surface area contributed by atoms with Gasteiger partial charge in [-0.15, -0.1) is 0 Å². The number of carbonyl (C=O) groups is 2. The van der Waals surface area contributed by atoms with E-state index in [0.29, 0.717) is 28.4 Å². The number of rotatable bonds is 8. The molecular formula is C24H26ClN3O4. The number of nitrogens with zero attached hydrogens (tertiary/aromatic N) is 2. The monoisotopic (exact) mass is 455 g/mol. The Labute approximate surface area is 192 Å². The molecule has 0 fully saturated rings. The summed E-state index contributed by atoms with van der Waals surface area (Å²) in [5, 5.41) is 7.50. The maximum atomic E-state index is 13.0. The number of benzene rings is 2. The largest absolute Gasteiger partial charge is 0.495 e. The number of ether oxygens (including phenoxy) is 2. The normalized spacial score (nSPS) is 11.7. The highest BCUT2D eigenvalue weighted by molar-refractivity contribution is 6.32. The molecule has 1 heterocycles. The maximum absolute atomic E-state index is 13.0. The van der Waals surface area contributed by atoms with E-state index in [2.05, 4.69) is 10.4 Å². The summed E-state index contributed by atoms with van der Waals surface area (Å²) in [6.07, 6.45) is -0.472. The van der Waals surface area contributed by atoms with Crippen molar-refractivity contribution in [3.63, 3.8) is 0 Å². The first kappa shape index (κ1) is 23.3. The van der Waals surface area contributed by atoms with Crippen LogP contribution in [0.5, 0.6) is 5.75 Å². The Kier molecular flexibility index (Phi) is 7.53. The number of methoxy groups -OCH3 is 1. The van der Waals surface area contributed by atoms with Crippen LogP contribution in [0, 0.1) is 13.8 Å². The molecule has 1 unspecified atom stereocenters. The third-order valence-electron chi connectivity index (χ3n) is 5.25. The molecule has 2 aromatic carbocycles. The van der Waals surface area contributed by atoms with Gasteiger partial charge in [-0.3, -0.25) is 14.3 Å². The highest BCUT2D eigenvalue weighted by atomic mass is 35.5. The molecule has 7 nitrogen and oxygen atoms in total. The van der Waals surface area contributed by atoms with E-state index in [9.17, 15) is 9.59 Å². The smallest absolute Gasteiger partial charge is 0.307 e. The highest BCUT2D eigenvalue weighted by Crippen LogP contribution is 2.28. The van der Waals surface area contributed by atoms with Crippen LogP contribution in [0.1, 0.15) is 35.0 Å². The second-order valence-electron chi connectivity index (χ2n) is 7.39. The van der Waals surface area contributed by atoms with Crippen molar-refractivity contribution in [2.45, 2.75) is 32.8 Å². The topological polar surface area (TPSA) is 82.4 Å². The van der Waals surface area contributed by atoms with Crippen molar-refractivity contribution in [2.75, 3.05) is 12.4 Å². The van der Waals surface area contributed by atoms with E-state index in [4.69, 9.17) is 21.1 Å². The van der Waals surface area contributed by atoms with E-state index < -0.39 is 18.0 Å². The van der Waals surface area contributed by atoms with Gasteiger partial charge in [0.05, 0.1) is 17.8 Å². The van der Waals surface area contributed by atoms with E-state index in [1.165, 1.54) is 7.11 Å². The van der Waals surface area contributed by atoms with Crippen LogP contribution in [-0.2, 0) is 27.8 Å². The van der Waals surface area contributed by atoms with Gasteiger partial charge in [-0.05, 0) is 44.0 Å². The first-order valence-electron chi connectivity index (χ1n) is 10.2. The molecule has 0 saturated heterocycles. The standard InChI is InChI=1S/C24H26ClN3O4/c1-15-19(16(2)28(3)27-15)11-13-22(29)32-23(17-8-6-5-7-9-17)24(30)26-18-10-12-21(31-4)20(25)14-18/h5-10,12,14,23H,11,13H2,1-4H3,(H,26,30). The second-order valence-corrected chi connectivity index (χ2v) is 7.80. The zero-order chi connectivity index (χ0) is 23.3. The first-order chi connectivity index (χ1) is 15.3. The Hall–Kier alpha value is -3.32. The molecule has 1 aromatic heterocycles. The van der Waals surface area contributed by atoms with E-state index in [1.807, 2.05) is 27.0 Å². The summed E-state index contributed by atoms with van der Waals surface area (Å²) in [4.78, 5) is 25.7. The predicted octanol–water partition coefficient (Wildman–Crippen LogP) is 4.55. The number of anilines is 1. The molecule has 1 amide bonds. The van der Waals surface area contributed by atoms with Crippen LogP contribution in [0.2, 0.25) is 5.02 Å². The van der Waals surface area contributed by atoms with Crippen LogP contribution in [-0.4, -0.2) is 28.8 Å². The Morgan fingerprint density at radius 2 is 1.88 bits per heavy atom. The summed E-state index contributed by atoms with van der Waals surface area (Å²) in [6, 6.07) is 13.8. The molecule has 0 saturated carbocycles. The van der Waals surface area contributed by atoms with Gasteiger partial charge in [0.15, 0.2) is 0 Å². The summed E-state index contributed by atoms with van der Waals surface area (Å²) in [6.45, 7) is 3.87. The molecule has 32 heavy (non-hydrogen) atoms. The minimum absolute atomic E-state index is 0.137. The summed E-state index contributed by atoms with van der Waals surface area (Å²) in [5.41, 5.74) is 3.94. The van der Waals surface area contributed by atoms with Crippen LogP contribution in [0.4, 0.5) is 5.69 Å². The van der Waals surface area contributed by atoms with E-state index in [1.54, 1.807) is 47.1 Å². The zero-order valence-electron chi connectivity index (χ0n) is 18.5. The molecule has 3 aromatic rings. The summed E-state index contributed by atoms with van der Waals surface area (Å²) < 4.78 is 12.5. The van der Waals surface area contributed by atoms with Gasteiger partial charge in [0.2, 0.25) is 6.10 Å². The number of halogens is 1. The highest BCUT2D eigenvalue weighted by Gasteiger charge is 2.25. The van der Waals surface area contributed by atoms with Crippen molar-refractivity contribution in [1.82, 2.24) is 9.78 Å². The number of hydrogen-bond acceptors (Lipinski definition) is 5. The van der Waals surface area contributed by atoms with Crippen molar-refractivity contribution < 1.29 is 19.1 Å². The lowest BCUT2D eigenvalue weighted by Gasteiger charge is -2.18. The first-order valence-corrected chi connectivity index (χ1v) is 10.6. The number of hydrogen-bond donors (Lipinski definition) is 1. The van der Waals surface area contributed by atoms with E-state index >= 15 is 0 Å². The minimum atomic E-state index is -1.10. The molecule has 0 aliphatic carbocycles. The van der Waals surface area contributed by atoms with Crippen LogP contribution in [0.15, 0.2) is 48.5 Å². The SMILES string of the molecule is COc1ccc(NC(=O)C(OC(=O)CCc2c(C)nn(C)c2C)c2ccccc2)cc1Cl. The summed E-state index contributed by atoms with van der Waals surface area (Å²) in [7, 11) is 3.38. The van der Waals surface area contributed by atoms with Gasteiger partial charge in [0.25, 0.3) is 5.91 Å². The van der Waals surface area contributed by atoms with E-state index in [0.717, 1.165) is 17.0 Å². The van der Waals surface area contributed by atoms with Crippen LogP contribution < -0.4 is 10.1 Å². The third kappa shape index (κ3) is 5.48. The molecule has 3 rings (SSSR count). The number of esters is 1. The summed E-state index contributed by atoms with van der Waals surface area (Å²) in [5.74, 6) is -0.444. The van der Waals surface area contributed by atoms with Gasteiger partial charge in [-0.25, -0.2) is 0 Å². The van der Waals surface area contributed by atoms with Crippen LogP contribution in [0.3, 0.4) is 0 Å². The van der Waals surface area contributed by atoms with Crippen molar-refractivity contribution >= 4 is 29.2 Å². The third-order valence-corrected chi connectivity index (χ3v) is 5.54. The number of aryl methyl sites for hydroxylation is 2. The molecule has 0 radical (unpaired) electrons. The average Bonchev–Trinajstić information content (AvgIpc) is 3.02. The molecular weight excluding hydrogens is 430 g/mol. The molecule has 0 bridgehead atoms. The average molecular weight is 456 g/mol. The molecule has 8 heteroatoms. The van der Waals surface area contributed by atoms with Crippen molar-refractivity contribution in [3.8, 4) is 5.75 Å². The van der Waals surface area contributed by atoms with Gasteiger partial charge in [-0.1, -0.05) is 41.9 Å². The van der Waals surface area contributed by atoms with Gasteiger partial charge >= 0.3 is 5.97 Å².